The van der Waals surface area contributed by atoms with Crippen molar-refractivity contribution in [1.29, 1.82) is 0 Å². The van der Waals surface area contributed by atoms with E-state index in [1.807, 2.05) is 19.9 Å². The molecule has 1 atom stereocenters. The van der Waals surface area contributed by atoms with Crippen LogP contribution in [-0.4, -0.2) is 39.3 Å². The molecular weight excluding hydrogens is 256 g/mol. The van der Waals surface area contributed by atoms with E-state index in [0.29, 0.717) is 18.5 Å². The van der Waals surface area contributed by atoms with Gasteiger partial charge in [0.05, 0.1) is 24.9 Å². The van der Waals surface area contributed by atoms with Crippen LogP contribution in [0.5, 0.6) is 0 Å². The highest BCUT2D eigenvalue weighted by molar-refractivity contribution is 6.36. The molecule has 5 nitrogen and oxygen atoms in total. The van der Waals surface area contributed by atoms with Gasteiger partial charge in [0.15, 0.2) is 0 Å². The van der Waals surface area contributed by atoms with Crippen LogP contribution in [0.3, 0.4) is 0 Å². The number of Topliss-reactive ketones (excluding diaryl/α,β-unsaturated/α-hetero) is 1. The number of ketones is 1. The Kier molecular flexibility index (Phi) is 6.87. The molecule has 0 aliphatic rings. The van der Waals surface area contributed by atoms with Crippen molar-refractivity contribution in [3.8, 4) is 0 Å². The van der Waals surface area contributed by atoms with Crippen molar-refractivity contribution in [2.75, 3.05) is 6.61 Å². The summed E-state index contributed by atoms with van der Waals surface area (Å²) in [7, 11) is 0. The van der Waals surface area contributed by atoms with Gasteiger partial charge in [0.1, 0.15) is 0 Å². The van der Waals surface area contributed by atoms with Gasteiger partial charge >= 0.3 is 0 Å². The van der Waals surface area contributed by atoms with Gasteiger partial charge in [0.2, 0.25) is 5.78 Å². The molecule has 0 radical (unpaired) electrons. The lowest BCUT2D eigenvalue weighted by atomic mass is 10.1. The average molecular weight is 278 g/mol. The van der Waals surface area contributed by atoms with Crippen molar-refractivity contribution in [3.05, 3.63) is 30.1 Å². The molecule has 0 aliphatic heterocycles. The number of aromatic nitrogens is 1. The minimum absolute atomic E-state index is 0.158. The number of amides is 1. The molecule has 5 heteroatoms. The summed E-state index contributed by atoms with van der Waals surface area (Å²) in [5.41, 5.74) is 0.706. The van der Waals surface area contributed by atoms with E-state index in [1.54, 1.807) is 18.3 Å². The Hall–Kier alpha value is -1.75. The van der Waals surface area contributed by atoms with Gasteiger partial charge in [-0.3, -0.25) is 14.6 Å². The van der Waals surface area contributed by atoms with E-state index in [0.717, 1.165) is 0 Å². The van der Waals surface area contributed by atoms with E-state index in [9.17, 15) is 14.7 Å². The summed E-state index contributed by atoms with van der Waals surface area (Å²) in [6, 6.07) is 5.07. The van der Waals surface area contributed by atoms with E-state index in [-0.39, 0.29) is 25.6 Å². The maximum absolute atomic E-state index is 12.2. The molecule has 1 rings (SSSR count). The summed E-state index contributed by atoms with van der Waals surface area (Å²) in [5.74, 6) is -0.936. The van der Waals surface area contributed by atoms with Crippen LogP contribution >= 0.6 is 0 Å². The number of aliphatic hydroxyl groups is 1. The number of aliphatic hydroxyl groups excluding tert-OH is 1. The third-order valence-corrected chi connectivity index (χ3v) is 3.16. The fourth-order valence-electron chi connectivity index (χ4n) is 1.98. The Bertz CT molecular complexity index is 430. The SMILES string of the molecule is CCCC(=O)C(=O)N(Cc1ccccn1)C(CC)CO. The topological polar surface area (TPSA) is 70.5 Å². The monoisotopic (exact) mass is 278 g/mol. The number of rotatable bonds is 8. The van der Waals surface area contributed by atoms with Crippen LogP contribution in [0.25, 0.3) is 0 Å². The second-order valence-electron chi connectivity index (χ2n) is 4.67. The molecule has 1 heterocycles. The first kappa shape index (κ1) is 16.3. The lowest BCUT2D eigenvalue weighted by molar-refractivity contribution is -0.147. The first-order valence-corrected chi connectivity index (χ1v) is 6.98. The number of nitrogens with zero attached hydrogens (tertiary/aromatic N) is 2. The van der Waals surface area contributed by atoms with Crippen LogP contribution in [0, 0.1) is 0 Å². The second-order valence-corrected chi connectivity index (χ2v) is 4.67. The predicted molar refractivity (Wildman–Crippen MR) is 75.9 cm³/mol. The molecule has 20 heavy (non-hydrogen) atoms. The van der Waals surface area contributed by atoms with Gasteiger partial charge in [-0.2, -0.15) is 0 Å². The number of hydrogen-bond donors (Lipinski definition) is 1. The summed E-state index contributed by atoms with van der Waals surface area (Å²) < 4.78 is 0. The quantitative estimate of drug-likeness (QED) is 0.732. The first-order valence-electron chi connectivity index (χ1n) is 6.98. The molecule has 0 fully saturated rings. The van der Waals surface area contributed by atoms with Crippen LogP contribution in [0.4, 0.5) is 0 Å². The zero-order valence-corrected chi connectivity index (χ0v) is 12.1. The third kappa shape index (κ3) is 4.42. The Balaban J connectivity index is 2.90. The summed E-state index contributed by atoms with van der Waals surface area (Å²) in [6.45, 7) is 3.82. The van der Waals surface area contributed by atoms with Gasteiger partial charge in [-0.25, -0.2) is 0 Å². The molecule has 0 aromatic carbocycles. The Labute approximate surface area is 119 Å². The predicted octanol–water partition coefficient (Wildman–Crippen LogP) is 1.55. The van der Waals surface area contributed by atoms with E-state index in [1.165, 1.54) is 4.90 Å². The largest absolute Gasteiger partial charge is 0.394 e. The molecule has 1 aromatic rings. The normalized spacial score (nSPS) is 11.9. The van der Waals surface area contributed by atoms with Crippen molar-refractivity contribution in [1.82, 2.24) is 9.88 Å². The number of carbonyl (C=O) groups excluding carboxylic acids is 2. The van der Waals surface area contributed by atoms with Crippen LogP contribution in [0.15, 0.2) is 24.4 Å². The Morgan fingerprint density at radius 1 is 1.35 bits per heavy atom. The minimum atomic E-state index is -0.529. The van der Waals surface area contributed by atoms with E-state index >= 15 is 0 Å². The second kappa shape index (κ2) is 8.43. The summed E-state index contributed by atoms with van der Waals surface area (Å²) in [6.07, 6.45) is 3.11. The van der Waals surface area contributed by atoms with Crippen LogP contribution in [0.1, 0.15) is 38.8 Å². The molecule has 1 N–H and O–H groups in total. The zero-order valence-electron chi connectivity index (χ0n) is 12.1. The van der Waals surface area contributed by atoms with E-state index in [4.69, 9.17) is 0 Å². The lowest BCUT2D eigenvalue weighted by Crippen LogP contribution is -2.45. The van der Waals surface area contributed by atoms with Crippen molar-refractivity contribution in [3.63, 3.8) is 0 Å². The summed E-state index contributed by atoms with van der Waals surface area (Å²) in [4.78, 5) is 29.7. The molecular formula is C15H22N2O3. The highest BCUT2D eigenvalue weighted by atomic mass is 16.3. The highest BCUT2D eigenvalue weighted by Gasteiger charge is 2.27. The van der Waals surface area contributed by atoms with Gasteiger partial charge < -0.3 is 10.0 Å². The smallest absolute Gasteiger partial charge is 0.290 e. The Morgan fingerprint density at radius 3 is 2.60 bits per heavy atom. The molecule has 0 saturated carbocycles. The maximum Gasteiger partial charge on any atom is 0.290 e. The van der Waals surface area contributed by atoms with E-state index in [2.05, 4.69) is 4.98 Å². The van der Waals surface area contributed by atoms with Crippen LogP contribution in [0.2, 0.25) is 0 Å². The first-order chi connectivity index (χ1) is 9.63. The fourth-order valence-corrected chi connectivity index (χ4v) is 1.98. The maximum atomic E-state index is 12.2. The molecule has 0 aliphatic carbocycles. The van der Waals surface area contributed by atoms with Crippen molar-refractivity contribution in [2.24, 2.45) is 0 Å². The van der Waals surface area contributed by atoms with Crippen molar-refractivity contribution in [2.45, 2.75) is 45.7 Å². The van der Waals surface area contributed by atoms with Crippen LogP contribution < -0.4 is 0 Å². The average Bonchev–Trinajstić information content (AvgIpc) is 2.48. The highest BCUT2D eigenvalue weighted by Crippen LogP contribution is 2.11. The van der Waals surface area contributed by atoms with Crippen molar-refractivity contribution >= 4 is 11.7 Å². The Morgan fingerprint density at radius 2 is 2.10 bits per heavy atom. The molecule has 0 bridgehead atoms. The summed E-state index contributed by atoms with van der Waals surface area (Å²) >= 11 is 0. The van der Waals surface area contributed by atoms with Gasteiger partial charge in [-0.05, 0) is 25.0 Å². The molecule has 1 unspecified atom stereocenters. The van der Waals surface area contributed by atoms with E-state index < -0.39 is 11.7 Å². The molecule has 0 saturated heterocycles. The standard InChI is InChI=1S/C15H22N2O3/c1-3-7-14(19)15(20)17(13(4-2)11-18)10-12-8-5-6-9-16-12/h5-6,8-9,13,18H,3-4,7,10-11H2,1-2H3. The van der Waals surface area contributed by atoms with Gasteiger partial charge in [0.25, 0.3) is 5.91 Å². The molecule has 1 amide bonds. The molecule has 0 spiro atoms. The van der Waals surface area contributed by atoms with Gasteiger partial charge in [0, 0.05) is 12.6 Å². The van der Waals surface area contributed by atoms with Crippen molar-refractivity contribution < 1.29 is 14.7 Å². The molecule has 110 valence electrons. The van der Waals surface area contributed by atoms with Gasteiger partial charge in [-0.1, -0.05) is 19.9 Å². The number of pyridine rings is 1. The van der Waals surface area contributed by atoms with Gasteiger partial charge in [-0.15, -0.1) is 0 Å². The number of carbonyl (C=O) groups is 2. The summed E-state index contributed by atoms with van der Waals surface area (Å²) in [5, 5.41) is 9.41. The fraction of sp³-hybridized carbons (Fsp3) is 0.533. The minimum Gasteiger partial charge on any atom is -0.394 e. The third-order valence-electron chi connectivity index (χ3n) is 3.16. The lowest BCUT2D eigenvalue weighted by Gasteiger charge is -2.29. The zero-order chi connectivity index (χ0) is 15.0. The number of hydrogen-bond acceptors (Lipinski definition) is 4. The van der Waals surface area contributed by atoms with Crippen LogP contribution in [-0.2, 0) is 16.1 Å². The molecule has 1 aromatic heterocycles.